The molecule has 0 bridgehead atoms. The van der Waals surface area contributed by atoms with Gasteiger partial charge in [0.2, 0.25) is 11.8 Å². The van der Waals surface area contributed by atoms with E-state index in [9.17, 15) is 33.1 Å². The molecule has 0 radical (unpaired) electrons. The third-order valence-electron chi connectivity index (χ3n) is 7.07. The molecule has 3 N–H and O–H groups in total. The summed E-state index contributed by atoms with van der Waals surface area (Å²) in [5.41, 5.74) is 2.15. The van der Waals surface area contributed by atoms with E-state index >= 15 is 0 Å². The molecule has 3 atom stereocenters. The highest BCUT2D eigenvalue weighted by Crippen LogP contribution is 2.39. The Morgan fingerprint density at radius 2 is 1.78 bits per heavy atom. The smallest absolute Gasteiger partial charge is 0.414 e. The molecule has 1 aliphatic heterocycles. The first-order valence-electron chi connectivity index (χ1n) is 12.0. The second kappa shape index (κ2) is 10.5. The minimum Gasteiger partial charge on any atom is -0.465 e. The molecule has 9 nitrogen and oxygen atoms in total. The zero-order chi connectivity index (χ0) is 26.9. The molecule has 11 heteroatoms. The van der Waals surface area contributed by atoms with Crippen LogP contribution in [-0.2, 0) is 16.0 Å². The number of carbonyl (C=O) groups excluding carboxylic acids is 3. The van der Waals surface area contributed by atoms with Crippen LogP contribution >= 0.6 is 0 Å². The number of carbonyl (C=O) groups is 4. The number of fused-ring (bicyclic) bond motifs is 1. The Balaban J connectivity index is 1.53. The summed E-state index contributed by atoms with van der Waals surface area (Å²) in [7, 11) is 1.49. The standard InChI is InChI=1S/C26H28F2N4O5/c1-14-3-10-22(20-8-5-16(27)12-21(20)28)32(14)23(33)13-31(26(36)37)24(34)19-7-4-15-11-17(6-9-18(15)19)30-25(35)29-2/h5-6,8-9,11-12,14,19,22H,3-4,7,10,13H2,1-2H3,(H,36,37)(H2,29,30,35)/t14-,19-,22+/m0/s1. The van der Waals surface area contributed by atoms with Gasteiger partial charge in [0.25, 0.3) is 0 Å². The maximum atomic E-state index is 14.5. The molecule has 1 saturated heterocycles. The molecule has 1 aliphatic carbocycles. The second-order valence-corrected chi connectivity index (χ2v) is 9.32. The van der Waals surface area contributed by atoms with Gasteiger partial charge in [-0.3, -0.25) is 9.59 Å². The lowest BCUT2D eigenvalue weighted by Gasteiger charge is -2.31. The van der Waals surface area contributed by atoms with Gasteiger partial charge < -0.3 is 20.6 Å². The Kier molecular flexibility index (Phi) is 7.42. The minimum absolute atomic E-state index is 0.151. The fourth-order valence-electron chi connectivity index (χ4n) is 5.27. The molecule has 1 fully saturated rings. The zero-order valence-corrected chi connectivity index (χ0v) is 20.5. The van der Waals surface area contributed by atoms with Gasteiger partial charge in [0, 0.05) is 30.4 Å². The number of nitrogens with one attached hydrogen (secondary N) is 2. The Morgan fingerprint density at radius 1 is 1.05 bits per heavy atom. The van der Waals surface area contributed by atoms with Gasteiger partial charge in [-0.05, 0) is 61.9 Å². The van der Waals surface area contributed by atoms with Crippen LogP contribution in [0.4, 0.5) is 24.1 Å². The summed E-state index contributed by atoms with van der Waals surface area (Å²) in [4.78, 5) is 52.2. The lowest BCUT2D eigenvalue weighted by Crippen LogP contribution is -2.48. The van der Waals surface area contributed by atoms with Gasteiger partial charge in [0.1, 0.15) is 18.2 Å². The number of aryl methyl sites for hydroxylation is 1. The average Bonchev–Trinajstić information content (AvgIpc) is 3.45. The quantitative estimate of drug-likeness (QED) is 0.557. The number of halogens is 2. The highest BCUT2D eigenvalue weighted by molar-refractivity contribution is 5.99. The lowest BCUT2D eigenvalue weighted by atomic mass is 9.99. The molecule has 4 rings (SSSR count). The topological polar surface area (TPSA) is 119 Å². The van der Waals surface area contributed by atoms with Crippen molar-refractivity contribution in [3.05, 3.63) is 64.7 Å². The molecule has 5 amide bonds. The van der Waals surface area contributed by atoms with Gasteiger partial charge >= 0.3 is 12.1 Å². The van der Waals surface area contributed by atoms with Gasteiger partial charge in [0.15, 0.2) is 0 Å². The van der Waals surface area contributed by atoms with Crippen LogP contribution in [0.3, 0.4) is 0 Å². The van der Waals surface area contributed by atoms with Crippen molar-refractivity contribution in [2.45, 2.75) is 50.6 Å². The van der Waals surface area contributed by atoms with Crippen molar-refractivity contribution < 1.29 is 33.1 Å². The van der Waals surface area contributed by atoms with Crippen LogP contribution in [0.25, 0.3) is 0 Å². The molecule has 37 heavy (non-hydrogen) atoms. The number of amides is 5. The van der Waals surface area contributed by atoms with Crippen LogP contribution in [0.1, 0.15) is 54.8 Å². The van der Waals surface area contributed by atoms with Crippen LogP contribution < -0.4 is 10.6 Å². The monoisotopic (exact) mass is 514 g/mol. The molecule has 2 aromatic carbocycles. The molecule has 0 saturated carbocycles. The molecular weight excluding hydrogens is 486 g/mol. The summed E-state index contributed by atoms with van der Waals surface area (Å²) in [6.45, 7) is 1.06. The fraction of sp³-hybridized carbons (Fsp3) is 0.385. The van der Waals surface area contributed by atoms with E-state index in [2.05, 4.69) is 10.6 Å². The van der Waals surface area contributed by atoms with E-state index in [0.717, 1.165) is 17.7 Å². The van der Waals surface area contributed by atoms with E-state index in [1.54, 1.807) is 25.1 Å². The third-order valence-corrected chi connectivity index (χ3v) is 7.07. The summed E-state index contributed by atoms with van der Waals surface area (Å²) in [5, 5.41) is 14.9. The van der Waals surface area contributed by atoms with Crippen molar-refractivity contribution in [1.82, 2.24) is 15.1 Å². The SMILES string of the molecule is CNC(=O)Nc1ccc2c(c1)CC[C@@H]2C(=O)N(CC(=O)N1[C@@H](c2ccc(F)cc2F)CC[C@@H]1C)C(=O)O. The molecule has 2 aliphatic rings. The van der Waals surface area contributed by atoms with Crippen LogP contribution in [0.2, 0.25) is 0 Å². The van der Waals surface area contributed by atoms with Crippen molar-refractivity contribution in [3.8, 4) is 0 Å². The Labute approximate surface area is 212 Å². The maximum absolute atomic E-state index is 14.5. The molecule has 0 unspecified atom stereocenters. The number of imide groups is 1. The first-order valence-corrected chi connectivity index (χ1v) is 12.0. The number of likely N-dealkylation sites (tertiary alicyclic amines) is 1. The molecule has 0 aromatic heterocycles. The third kappa shape index (κ3) is 5.25. The molecule has 196 valence electrons. The van der Waals surface area contributed by atoms with E-state index in [4.69, 9.17) is 0 Å². The number of carboxylic acid groups (broad SMARTS) is 1. The first-order chi connectivity index (χ1) is 17.6. The number of hydrogen-bond donors (Lipinski definition) is 3. The summed E-state index contributed by atoms with van der Waals surface area (Å²) in [6.07, 6.45) is 0.293. The highest BCUT2D eigenvalue weighted by atomic mass is 19.1. The molecule has 0 spiro atoms. The maximum Gasteiger partial charge on any atom is 0.414 e. The van der Waals surface area contributed by atoms with Crippen LogP contribution in [0, 0.1) is 11.6 Å². The lowest BCUT2D eigenvalue weighted by molar-refractivity contribution is -0.141. The average molecular weight is 515 g/mol. The van der Waals surface area contributed by atoms with Crippen molar-refractivity contribution in [2.75, 3.05) is 18.9 Å². The van der Waals surface area contributed by atoms with E-state index < -0.39 is 54.1 Å². The Bertz CT molecular complexity index is 1250. The van der Waals surface area contributed by atoms with Gasteiger partial charge in [-0.1, -0.05) is 12.1 Å². The van der Waals surface area contributed by atoms with Crippen LogP contribution in [0.15, 0.2) is 36.4 Å². The molecular formula is C26H28F2N4O5. The number of rotatable bonds is 5. The van der Waals surface area contributed by atoms with Crippen LogP contribution in [-0.4, -0.2) is 58.5 Å². The zero-order valence-electron chi connectivity index (χ0n) is 20.5. The molecule has 2 aromatic rings. The van der Waals surface area contributed by atoms with Gasteiger partial charge in [0.05, 0.1) is 12.0 Å². The second-order valence-electron chi connectivity index (χ2n) is 9.32. The Morgan fingerprint density at radius 3 is 2.46 bits per heavy atom. The van der Waals surface area contributed by atoms with E-state index in [1.807, 2.05) is 0 Å². The summed E-state index contributed by atoms with van der Waals surface area (Å²) < 4.78 is 27.9. The normalized spacial score (nSPS) is 20.3. The van der Waals surface area contributed by atoms with Gasteiger partial charge in [-0.25, -0.2) is 23.3 Å². The number of nitrogens with zero attached hydrogens (tertiary/aromatic N) is 2. The summed E-state index contributed by atoms with van der Waals surface area (Å²) in [5.74, 6) is -3.62. The van der Waals surface area contributed by atoms with E-state index in [0.29, 0.717) is 41.8 Å². The van der Waals surface area contributed by atoms with Crippen molar-refractivity contribution >= 4 is 29.6 Å². The number of benzene rings is 2. The predicted molar refractivity (Wildman–Crippen MR) is 130 cm³/mol. The summed E-state index contributed by atoms with van der Waals surface area (Å²) in [6, 6.07) is 6.80. The van der Waals surface area contributed by atoms with Gasteiger partial charge in [-0.15, -0.1) is 0 Å². The largest absolute Gasteiger partial charge is 0.465 e. The number of hydrogen-bond acceptors (Lipinski definition) is 4. The van der Waals surface area contributed by atoms with Gasteiger partial charge in [-0.2, -0.15) is 0 Å². The molecule has 1 heterocycles. The fourth-order valence-corrected chi connectivity index (χ4v) is 5.27. The summed E-state index contributed by atoms with van der Waals surface area (Å²) >= 11 is 0. The number of urea groups is 1. The Hall–Kier alpha value is -4.02. The van der Waals surface area contributed by atoms with Crippen molar-refractivity contribution in [2.24, 2.45) is 0 Å². The number of anilines is 1. The highest BCUT2D eigenvalue weighted by Gasteiger charge is 2.40. The van der Waals surface area contributed by atoms with Crippen molar-refractivity contribution in [3.63, 3.8) is 0 Å². The van der Waals surface area contributed by atoms with E-state index in [1.165, 1.54) is 18.0 Å². The predicted octanol–water partition coefficient (Wildman–Crippen LogP) is 4.00. The van der Waals surface area contributed by atoms with E-state index in [-0.39, 0.29) is 11.6 Å². The van der Waals surface area contributed by atoms with Crippen LogP contribution in [0.5, 0.6) is 0 Å². The first kappa shape index (κ1) is 26.1. The minimum atomic E-state index is -1.55. The van der Waals surface area contributed by atoms with Crippen molar-refractivity contribution in [1.29, 1.82) is 0 Å².